The SMILES string of the molecule is CN[C@@H](C)c1cc(Cl)cc(F)c1N. The van der Waals surface area contributed by atoms with Gasteiger partial charge in [-0.25, -0.2) is 4.39 Å². The van der Waals surface area contributed by atoms with Crippen LogP contribution < -0.4 is 11.1 Å². The Bertz CT molecular complexity index is 315. The second-order valence-corrected chi connectivity index (χ2v) is 3.34. The molecule has 0 spiro atoms. The van der Waals surface area contributed by atoms with E-state index in [1.807, 2.05) is 6.92 Å². The molecule has 0 aromatic heterocycles. The Morgan fingerprint density at radius 1 is 1.54 bits per heavy atom. The number of halogens is 2. The van der Waals surface area contributed by atoms with Crippen molar-refractivity contribution < 1.29 is 4.39 Å². The number of nitrogens with two attached hydrogens (primary N) is 1. The minimum Gasteiger partial charge on any atom is -0.396 e. The molecule has 0 aliphatic heterocycles. The first kappa shape index (κ1) is 10.3. The van der Waals surface area contributed by atoms with Crippen molar-refractivity contribution >= 4 is 17.3 Å². The summed E-state index contributed by atoms with van der Waals surface area (Å²) in [5.74, 6) is -0.468. The molecule has 1 aromatic rings. The molecular weight excluding hydrogens is 191 g/mol. The van der Waals surface area contributed by atoms with Gasteiger partial charge in [-0.15, -0.1) is 0 Å². The van der Waals surface area contributed by atoms with E-state index < -0.39 is 5.82 Å². The van der Waals surface area contributed by atoms with Crippen LogP contribution in [0.25, 0.3) is 0 Å². The Kier molecular flexibility index (Phi) is 3.12. The van der Waals surface area contributed by atoms with E-state index in [0.717, 1.165) is 0 Å². The van der Waals surface area contributed by atoms with Gasteiger partial charge in [-0.3, -0.25) is 0 Å². The summed E-state index contributed by atoms with van der Waals surface area (Å²) in [7, 11) is 1.78. The zero-order chi connectivity index (χ0) is 10.0. The second kappa shape index (κ2) is 3.94. The minimum atomic E-state index is -0.468. The molecule has 0 amide bonds. The first-order valence-corrected chi connectivity index (χ1v) is 4.35. The fourth-order valence-electron chi connectivity index (χ4n) is 1.12. The third-order valence-corrected chi connectivity index (χ3v) is 2.24. The van der Waals surface area contributed by atoms with Crippen molar-refractivity contribution in [1.29, 1.82) is 0 Å². The van der Waals surface area contributed by atoms with Crippen LogP contribution in [-0.4, -0.2) is 7.05 Å². The Labute approximate surface area is 81.9 Å². The lowest BCUT2D eigenvalue weighted by molar-refractivity contribution is 0.615. The Balaban J connectivity index is 3.20. The fourth-order valence-corrected chi connectivity index (χ4v) is 1.33. The molecule has 1 rings (SSSR count). The van der Waals surface area contributed by atoms with Gasteiger partial charge in [-0.1, -0.05) is 11.6 Å². The van der Waals surface area contributed by atoms with E-state index in [1.54, 1.807) is 13.1 Å². The number of anilines is 1. The largest absolute Gasteiger partial charge is 0.396 e. The second-order valence-electron chi connectivity index (χ2n) is 2.90. The van der Waals surface area contributed by atoms with Gasteiger partial charge in [0, 0.05) is 11.1 Å². The first-order chi connectivity index (χ1) is 6.06. The van der Waals surface area contributed by atoms with Crippen LogP contribution in [0.3, 0.4) is 0 Å². The molecule has 2 nitrogen and oxygen atoms in total. The number of hydrogen-bond donors (Lipinski definition) is 2. The van der Waals surface area contributed by atoms with Crippen LogP contribution in [-0.2, 0) is 0 Å². The van der Waals surface area contributed by atoms with Crippen molar-refractivity contribution in [2.75, 3.05) is 12.8 Å². The maximum atomic E-state index is 13.1. The number of rotatable bonds is 2. The highest BCUT2D eigenvalue weighted by Gasteiger charge is 2.11. The van der Waals surface area contributed by atoms with E-state index in [9.17, 15) is 4.39 Å². The quantitative estimate of drug-likeness (QED) is 0.723. The standard InChI is InChI=1S/C9H12ClFN2/c1-5(13-2)7-3-6(10)4-8(11)9(7)12/h3-5,13H,12H2,1-2H3/t5-/m0/s1. The summed E-state index contributed by atoms with van der Waals surface area (Å²) < 4.78 is 13.1. The summed E-state index contributed by atoms with van der Waals surface area (Å²) >= 11 is 5.70. The van der Waals surface area contributed by atoms with E-state index in [0.29, 0.717) is 10.6 Å². The molecule has 0 fully saturated rings. The van der Waals surface area contributed by atoms with Crippen LogP contribution in [0.15, 0.2) is 12.1 Å². The van der Waals surface area contributed by atoms with Crippen molar-refractivity contribution in [3.63, 3.8) is 0 Å². The number of hydrogen-bond acceptors (Lipinski definition) is 2. The summed E-state index contributed by atoms with van der Waals surface area (Å²) in [6.07, 6.45) is 0. The molecule has 0 heterocycles. The molecule has 0 saturated heterocycles. The van der Waals surface area contributed by atoms with E-state index in [-0.39, 0.29) is 11.7 Å². The van der Waals surface area contributed by atoms with Crippen molar-refractivity contribution in [3.05, 3.63) is 28.5 Å². The van der Waals surface area contributed by atoms with Crippen LogP contribution in [0.5, 0.6) is 0 Å². The van der Waals surface area contributed by atoms with Gasteiger partial charge in [0.2, 0.25) is 0 Å². The van der Waals surface area contributed by atoms with Gasteiger partial charge in [-0.05, 0) is 31.7 Å². The van der Waals surface area contributed by atoms with Crippen LogP contribution in [0, 0.1) is 5.82 Å². The Morgan fingerprint density at radius 3 is 2.69 bits per heavy atom. The van der Waals surface area contributed by atoms with Gasteiger partial charge in [0.15, 0.2) is 0 Å². The molecule has 1 aromatic carbocycles. The molecular formula is C9H12ClFN2. The van der Waals surface area contributed by atoms with Crippen molar-refractivity contribution in [2.24, 2.45) is 0 Å². The monoisotopic (exact) mass is 202 g/mol. The zero-order valence-corrected chi connectivity index (χ0v) is 8.32. The lowest BCUT2D eigenvalue weighted by Gasteiger charge is -2.14. The van der Waals surface area contributed by atoms with Crippen molar-refractivity contribution in [3.8, 4) is 0 Å². The summed E-state index contributed by atoms with van der Waals surface area (Å²) in [4.78, 5) is 0. The molecule has 0 bridgehead atoms. The topological polar surface area (TPSA) is 38.0 Å². The Hall–Kier alpha value is -0.800. The van der Waals surface area contributed by atoms with Crippen molar-refractivity contribution in [1.82, 2.24) is 5.32 Å². The molecule has 0 unspecified atom stereocenters. The molecule has 4 heteroatoms. The van der Waals surface area contributed by atoms with Crippen LogP contribution >= 0.6 is 11.6 Å². The summed E-state index contributed by atoms with van der Waals surface area (Å²) in [5.41, 5.74) is 6.40. The fraction of sp³-hybridized carbons (Fsp3) is 0.333. The molecule has 0 saturated carbocycles. The minimum absolute atomic E-state index is 0.00630. The van der Waals surface area contributed by atoms with Gasteiger partial charge in [0.25, 0.3) is 0 Å². The maximum absolute atomic E-state index is 13.1. The van der Waals surface area contributed by atoms with Gasteiger partial charge in [-0.2, -0.15) is 0 Å². The average molecular weight is 203 g/mol. The van der Waals surface area contributed by atoms with Gasteiger partial charge in [0.05, 0.1) is 5.69 Å². The van der Waals surface area contributed by atoms with Gasteiger partial charge in [0.1, 0.15) is 5.82 Å². The lowest BCUT2D eigenvalue weighted by Crippen LogP contribution is -2.14. The smallest absolute Gasteiger partial charge is 0.147 e. The third-order valence-electron chi connectivity index (χ3n) is 2.03. The molecule has 1 atom stereocenters. The highest BCUT2D eigenvalue weighted by Crippen LogP contribution is 2.26. The normalized spacial score (nSPS) is 12.9. The van der Waals surface area contributed by atoms with Gasteiger partial charge >= 0.3 is 0 Å². The van der Waals surface area contributed by atoms with Gasteiger partial charge < -0.3 is 11.1 Å². The molecule has 3 N–H and O–H groups in total. The highest BCUT2D eigenvalue weighted by atomic mass is 35.5. The first-order valence-electron chi connectivity index (χ1n) is 3.98. The third kappa shape index (κ3) is 2.11. The van der Waals surface area contributed by atoms with Crippen molar-refractivity contribution in [2.45, 2.75) is 13.0 Å². The highest BCUT2D eigenvalue weighted by molar-refractivity contribution is 6.30. The molecule has 0 aliphatic rings. The van der Waals surface area contributed by atoms with Crippen LogP contribution in [0.1, 0.15) is 18.5 Å². The van der Waals surface area contributed by atoms with E-state index in [2.05, 4.69) is 5.32 Å². The summed E-state index contributed by atoms with van der Waals surface area (Å²) in [6, 6.07) is 2.87. The van der Waals surface area contributed by atoms with E-state index >= 15 is 0 Å². The number of nitrogen functional groups attached to an aromatic ring is 1. The number of benzene rings is 1. The average Bonchev–Trinajstić information content (AvgIpc) is 2.10. The molecule has 72 valence electrons. The molecule has 13 heavy (non-hydrogen) atoms. The van der Waals surface area contributed by atoms with E-state index in [4.69, 9.17) is 17.3 Å². The summed E-state index contributed by atoms with van der Waals surface area (Å²) in [6.45, 7) is 1.89. The van der Waals surface area contributed by atoms with Crippen LogP contribution in [0.2, 0.25) is 5.02 Å². The lowest BCUT2D eigenvalue weighted by atomic mass is 10.1. The maximum Gasteiger partial charge on any atom is 0.147 e. The Morgan fingerprint density at radius 2 is 2.15 bits per heavy atom. The van der Waals surface area contributed by atoms with E-state index in [1.165, 1.54) is 6.07 Å². The zero-order valence-electron chi connectivity index (χ0n) is 7.57. The summed E-state index contributed by atoms with van der Waals surface area (Å²) in [5, 5.41) is 3.34. The number of nitrogens with one attached hydrogen (secondary N) is 1. The predicted molar refractivity (Wildman–Crippen MR) is 53.3 cm³/mol. The molecule has 0 aliphatic carbocycles. The predicted octanol–water partition coefficient (Wildman–Crippen LogP) is 2.34. The molecule has 0 radical (unpaired) electrons. The van der Waals surface area contributed by atoms with Crippen LogP contribution in [0.4, 0.5) is 10.1 Å².